The lowest BCUT2D eigenvalue weighted by Gasteiger charge is -2.32. The SMILES string of the molecule is C.C.CC=O.CCN1CCn2nc(N)cc2C1.CCN1CCn2nc(Nc3cc(B4OC(C)(C)C(C)(C)O4)cn(C)c3=O)cc2C1.CCN1CCn2nc(Nc3cc(Br)cn(C)c3=O)cc2C1.CCN1CCn2nc([N+](=O)[O-])cc2C1.Cn1cc(Br)cc(Br)c1=O.O=Cc1c(Cl)ccnc1N1CCc2c(cc3n2CCCC3)C1=O.O=[N+]([O-])c1cc2n(n1)CCNC2. The molecule has 0 radical (unpaired) electrons. The number of nitrogens with one attached hydrogen (secondary N) is 3. The number of rotatable bonds is 13. The maximum Gasteiger partial charge on any atom is 0.496 e. The molecule has 10 aromatic heterocycles. The zero-order chi connectivity index (χ0) is 89.6. The highest BCUT2D eigenvalue weighted by Crippen LogP contribution is 2.37. The van der Waals surface area contributed by atoms with Gasteiger partial charge in [-0.1, -0.05) is 54.1 Å². The Kier molecular flexibility index (Phi) is 35.2. The van der Waals surface area contributed by atoms with Gasteiger partial charge in [0.05, 0.1) is 115 Å². The van der Waals surface area contributed by atoms with Crippen molar-refractivity contribution in [2.75, 3.05) is 86.7 Å². The standard InChI is InChI=1S/C20H30BN5O3.C17H16ClN3O2.C14H18BrN5O.C8H12N4O2.C8H14N4.C6H5Br2NO.C6H8N4O2.C2H4O.2CH4/c1-7-25-8-9-26-15(13-25)11-17(23-26)22-16-10-14(12-24(6)18(16)27)21-28-19(2,3)20(4,5)29-21;18-14-4-6-19-16(13(14)10-22)21-8-5-15-12(17(21)23)9-11-3-1-2-7-20(11)15;1-3-19-4-5-20-11(9-19)7-13(17-20)16-12-6-10(15)8-18(2)14(12)21;1-2-10-3-4-11-7(6-10)5-8(9-11)12(13)14;1-2-11-3-4-12-7(6-11)5-8(9)10-12;1-9-3-4(7)2-5(8)6(9)10;11-10(12)6-3-5-4-7-1-2-9(5)8-6;1-2-3;;/h10-12H,7-9,13H2,1-6H3,(H,22,23);4,6,9-10H,1-3,5,7-8H2;6-8H,3-5,9H2,1-2H3,(H,16,17);5H,2-4,6H2,1H3;5H,2-4,6H2,1H3,(H2,9,10);2-3H,1H3;3,7H,1-2,4H2;2H,1H3;2*1H4. The van der Waals surface area contributed by atoms with E-state index in [0.717, 1.165) is 192 Å². The number of nitro groups is 2. The molecule has 126 heavy (non-hydrogen) atoms. The summed E-state index contributed by atoms with van der Waals surface area (Å²) in [4.78, 5) is 104. The second-order valence-corrected chi connectivity index (χ2v) is 34.5. The van der Waals surface area contributed by atoms with Crippen LogP contribution in [0.3, 0.4) is 0 Å². The molecule has 1 amide bonds. The minimum absolute atomic E-state index is 0. The number of fused-ring (bicyclic) bond motifs is 8. The van der Waals surface area contributed by atoms with Crippen molar-refractivity contribution in [1.29, 1.82) is 0 Å². The van der Waals surface area contributed by atoms with Crippen molar-refractivity contribution >= 4 is 137 Å². The first-order valence-corrected chi connectivity index (χ1v) is 43.9. The largest absolute Gasteiger partial charge is 0.496 e. The summed E-state index contributed by atoms with van der Waals surface area (Å²) in [7, 11) is 4.65. The molecule has 43 heteroatoms. The van der Waals surface area contributed by atoms with Gasteiger partial charge in [0, 0.05) is 175 Å². The molecule has 680 valence electrons. The molecule has 1 fully saturated rings. The smallest absolute Gasteiger partial charge is 0.399 e. The monoisotopic (exact) mass is 1950 g/mol. The molecule has 8 aliphatic rings. The zero-order valence-electron chi connectivity index (χ0n) is 71.8. The van der Waals surface area contributed by atoms with E-state index in [9.17, 15) is 44.2 Å². The number of hydrogen-bond acceptors (Lipinski definition) is 26. The normalized spacial score (nSPS) is 16.3. The third-order valence-electron chi connectivity index (χ3n) is 22.5. The van der Waals surface area contributed by atoms with Crippen molar-refractivity contribution in [3.63, 3.8) is 0 Å². The summed E-state index contributed by atoms with van der Waals surface area (Å²) in [5.74, 6) is 2.20. The fourth-order valence-corrected chi connectivity index (χ4v) is 17.1. The second-order valence-electron chi connectivity index (χ2n) is 31.4. The van der Waals surface area contributed by atoms with Gasteiger partial charge in [0.25, 0.3) is 22.6 Å². The fraction of sp³-hybridized carbons (Fsp3) is 0.494. The molecule has 5 N–H and O–H groups in total. The number of carbonyl (C=O) groups excluding carboxylic acids is 3. The van der Waals surface area contributed by atoms with Gasteiger partial charge in [-0.15, -0.1) is 0 Å². The molecule has 0 bridgehead atoms. The van der Waals surface area contributed by atoms with Gasteiger partial charge in [-0.05, 0) is 168 Å². The van der Waals surface area contributed by atoms with E-state index in [4.69, 9.17) is 31.4 Å². The minimum Gasteiger partial charge on any atom is -0.399 e. The summed E-state index contributed by atoms with van der Waals surface area (Å²) in [5, 5.41) is 51.7. The number of aryl methyl sites for hydroxylation is 4. The number of halogens is 4. The fourth-order valence-electron chi connectivity index (χ4n) is 15.0. The molecule has 0 aliphatic carbocycles. The highest BCUT2D eigenvalue weighted by molar-refractivity contribution is 9.11. The van der Waals surface area contributed by atoms with Gasteiger partial charge < -0.3 is 74.3 Å². The number of hydrogen-bond donors (Lipinski definition) is 4. The van der Waals surface area contributed by atoms with Crippen LogP contribution in [0, 0.1) is 20.2 Å². The summed E-state index contributed by atoms with van der Waals surface area (Å²) >= 11 is 15.9. The van der Waals surface area contributed by atoms with Crippen LogP contribution in [0.1, 0.15) is 151 Å². The van der Waals surface area contributed by atoms with Crippen molar-refractivity contribution in [2.45, 2.75) is 186 Å². The quantitative estimate of drug-likeness (QED) is 0.0360. The van der Waals surface area contributed by atoms with Gasteiger partial charge in [-0.2, -0.15) is 24.7 Å². The molecule has 1 saturated heterocycles. The number of nitrogens with two attached hydrogens (primary N) is 1. The van der Waals surface area contributed by atoms with Crippen LogP contribution >= 0.6 is 59.4 Å². The molecule has 0 spiro atoms. The first-order chi connectivity index (χ1) is 59.1. The number of nitrogen functional groups attached to an aromatic ring is 1. The van der Waals surface area contributed by atoms with Gasteiger partial charge >= 0.3 is 18.8 Å². The van der Waals surface area contributed by atoms with Crippen LogP contribution in [0.2, 0.25) is 5.02 Å². The van der Waals surface area contributed by atoms with Gasteiger partial charge in [0.15, 0.2) is 17.9 Å². The number of aromatic nitrogens is 15. The molecule has 38 nitrogen and oxygen atoms in total. The van der Waals surface area contributed by atoms with Gasteiger partial charge in [0.1, 0.15) is 29.3 Å². The first-order valence-electron chi connectivity index (χ1n) is 41.1. The molecule has 10 aromatic rings. The maximum absolute atomic E-state index is 12.9. The molecule has 0 atom stereocenters. The molecular formula is C83H115BBr3ClN26O12. The third kappa shape index (κ3) is 24.4. The minimum atomic E-state index is -0.527. The number of pyridine rings is 4. The number of amides is 1. The summed E-state index contributed by atoms with van der Waals surface area (Å²) in [6.07, 6.45) is 12.3. The van der Waals surface area contributed by atoms with E-state index < -0.39 is 28.2 Å². The highest BCUT2D eigenvalue weighted by Gasteiger charge is 2.52. The van der Waals surface area contributed by atoms with Crippen molar-refractivity contribution < 1.29 is 33.5 Å². The second kappa shape index (κ2) is 44.5. The summed E-state index contributed by atoms with van der Waals surface area (Å²) in [6.45, 7) is 37.0. The summed E-state index contributed by atoms with van der Waals surface area (Å²) < 4.78 is 30.9. The Balaban J connectivity index is 0.000000170. The molecule has 18 rings (SSSR count). The van der Waals surface area contributed by atoms with E-state index in [1.165, 1.54) is 47.3 Å². The van der Waals surface area contributed by atoms with E-state index in [2.05, 4.69) is 146 Å². The lowest BCUT2D eigenvalue weighted by atomic mass is 9.80. The average Bonchev–Trinajstić information content (AvgIpc) is 1.60. The summed E-state index contributed by atoms with van der Waals surface area (Å²) in [6, 6.07) is 17.9. The number of nitrogens with zero attached hydrogens (tertiary/aromatic N) is 22. The van der Waals surface area contributed by atoms with Crippen molar-refractivity contribution in [3.05, 3.63) is 206 Å². The van der Waals surface area contributed by atoms with E-state index in [1.54, 1.807) is 93.5 Å². The highest BCUT2D eigenvalue weighted by atomic mass is 79.9. The maximum atomic E-state index is 12.9. The average molecular weight is 1950 g/mol. The van der Waals surface area contributed by atoms with Gasteiger partial charge in [0.2, 0.25) is 0 Å². The lowest BCUT2D eigenvalue weighted by molar-refractivity contribution is -0.390. The molecular weight excluding hydrogens is 1840 g/mol. The topological polar surface area (TPSA) is 407 Å². The lowest BCUT2D eigenvalue weighted by Crippen LogP contribution is -2.41. The van der Waals surface area contributed by atoms with Crippen LogP contribution < -0.4 is 48.7 Å². The number of carbonyl (C=O) groups is 3. The Labute approximate surface area is 762 Å². The van der Waals surface area contributed by atoms with E-state index in [1.807, 2.05) is 66.0 Å². The van der Waals surface area contributed by atoms with E-state index in [0.29, 0.717) is 64.2 Å². The van der Waals surface area contributed by atoms with Crippen molar-refractivity contribution in [3.8, 4) is 0 Å². The zero-order valence-corrected chi connectivity index (χ0v) is 77.3. The molecule has 0 unspecified atom stereocenters. The van der Waals surface area contributed by atoms with Crippen molar-refractivity contribution in [2.24, 2.45) is 21.1 Å². The Morgan fingerprint density at radius 2 is 1.03 bits per heavy atom. The van der Waals surface area contributed by atoms with Crippen LogP contribution in [0.25, 0.3) is 0 Å². The Bertz CT molecular complexity index is 5610. The van der Waals surface area contributed by atoms with Crippen LogP contribution in [-0.2, 0) is 120 Å². The first kappa shape index (κ1) is 99.6. The number of anilines is 6. The van der Waals surface area contributed by atoms with E-state index in [-0.39, 0.29) is 54.6 Å². The molecule has 0 saturated carbocycles. The molecule has 0 aromatic carbocycles. The predicted octanol–water partition coefficient (Wildman–Crippen LogP) is 10.5. The van der Waals surface area contributed by atoms with E-state index >= 15 is 0 Å². The molecule has 18 heterocycles. The third-order valence-corrected chi connectivity index (χ3v) is 24.3. The van der Waals surface area contributed by atoms with Crippen molar-refractivity contribution in [1.82, 2.24) is 97.1 Å². The van der Waals surface area contributed by atoms with Crippen LogP contribution in [0.15, 0.2) is 113 Å². The summed E-state index contributed by atoms with van der Waals surface area (Å²) in [5.41, 5.74) is 15.1. The number of likely N-dealkylation sites (N-methyl/N-ethyl adjacent to an activating group) is 4. The Hall–Kier alpha value is -10.1. The van der Waals surface area contributed by atoms with Gasteiger partial charge in [-0.25, -0.2) is 4.98 Å². The van der Waals surface area contributed by atoms with Crippen LogP contribution in [0.4, 0.5) is 46.3 Å². The van der Waals surface area contributed by atoms with Gasteiger partial charge in [-0.3, -0.25) is 62.5 Å². The van der Waals surface area contributed by atoms with Crippen LogP contribution in [0.5, 0.6) is 0 Å². The number of aldehydes is 2. The Morgan fingerprint density at radius 1 is 0.571 bits per heavy atom. The molecule has 8 aliphatic heterocycles. The van der Waals surface area contributed by atoms with Crippen LogP contribution in [-0.4, -0.2) is 204 Å². The predicted molar refractivity (Wildman–Crippen MR) is 497 cm³/mol. The Morgan fingerprint density at radius 3 is 1.53 bits per heavy atom.